The van der Waals surface area contributed by atoms with E-state index in [0.29, 0.717) is 25.4 Å². The van der Waals surface area contributed by atoms with Gasteiger partial charge >= 0.3 is 0 Å². The molecule has 1 N–H and O–H groups in total. The maximum atomic E-state index is 12.3. The molecular formula is C17H24N2O3S. The third-order valence-electron chi connectivity index (χ3n) is 4.85. The number of carbonyl (C=O) groups excluding carboxylic acids is 1. The Labute approximate surface area is 138 Å². The minimum Gasteiger partial charge on any atom is -0.312 e. The van der Waals surface area contributed by atoms with Crippen LogP contribution in [0.4, 0.5) is 5.69 Å². The Bertz CT molecular complexity index is 649. The van der Waals surface area contributed by atoms with Crippen molar-refractivity contribution in [2.75, 3.05) is 18.0 Å². The first-order chi connectivity index (χ1) is 11.1. The van der Waals surface area contributed by atoms with E-state index < -0.39 is 10.0 Å². The molecule has 3 rings (SSSR count). The molecule has 2 fully saturated rings. The Kier molecular flexibility index (Phi) is 5.02. The van der Waals surface area contributed by atoms with Gasteiger partial charge in [-0.2, -0.15) is 0 Å². The normalized spacial score (nSPS) is 19.7. The van der Waals surface area contributed by atoms with Crippen molar-refractivity contribution in [1.82, 2.24) is 4.72 Å². The molecule has 1 saturated heterocycles. The third-order valence-corrected chi connectivity index (χ3v) is 6.33. The van der Waals surface area contributed by atoms with E-state index in [4.69, 9.17) is 0 Å². The molecule has 0 bridgehead atoms. The average Bonchev–Trinajstić information content (AvgIpc) is 3.19. The number of benzene rings is 1. The molecule has 1 aliphatic carbocycles. The Morgan fingerprint density at radius 2 is 1.78 bits per heavy atom. The summed E-state index contributed by atoms with van der Waals surface area (Å²) in [5, 5.41) is 0. The first-order valence-corrected chi connectivity index (χ1v) is 9.95. The van der Waals surface area contributed by atoms with Crippen LogP contribution in [-0.2, 0) is 14.8 Å². The first-order valence-electron chi connectivity index (χ1n) is 8.46. The average molecular weight is 336 g/mol. The van der Waals surface area contributed by atoms with Gasteiger partial charge in [-0.1, -0.05) is 25.7 Å². The highest BCUT2D eigenvalue weighted by Gasteiger charge is 2.22. The lowest BCUT2D eigenvalue weighted by Crippen LogP contribution is -2.26. The summed E-state index contributed by atoms with van der Waals surface area (Å²) < 4.78 is 27.3. The van der Waals surface area contributed by atoms with Gasteiger partial charge in [0.05, 0.1) is 4.90 Å². The molecule has 0 radical (unpaired) electrons. The number of amides is 1. The summed E-state index contributed by atoms with van der Waals surface area (Å²) in [6, 6.07) is 6.60. The number of carbonyl (C=O) groups is 1. The molecule has 2 aliphatic rings. The van der Waals surface area contributed by atoms with Gasteiger partial charge in [0.15, 0.2) is 0 Å². The summed E-state index contributed by atoms with van der Waals surface area (Å²) >= 11 is 0. The Morgan fingerprint density at radius 3 is 2.39 bits per heavy atom. The van der Waals surface area contributed by atoms with E-state index in [2.05, 4.69) is 4.72 Å². The summed E-state index contributed by atoms with van der Waals surface area (Å²) in [7, 11) is -3.46. The molecule has 5 nitrogen and oxygen atoms in total. The summed E-state index contributed by atoms with van der Waals surface area (Å²) in [6.45, 7) is 1.21. The lowest BCUT2D eigenvalue weighted by molar-refractivity contribution is -0.117. The van der Waals surface area contributed by atoms with E-state index in [9.17, 15) is 13.2 Å². The second-order valence-corrected chi connectivity index (χ2v) is 8.25. The van der Waals surface area contributed by atoms with Gasteiger partial charge in [0.25, 0.3) is 0 Å². The van der Waals surface area contributed by atoms with Crippen molar-refractivity contribution in [3.05, 3.63) is 24.3 Å². The van der Waals surface area contributed by atoms with E-state index in [-0.39, 0.29) is 10.8 Å². The van der Waals surface area contributed by atoms with Crippen molar-refractivity contribution >= 4 is 21.6 Å². The number of sulfonamides is 1. The molecule has 1 aliphatic heterocycles. The predicted octanol–water partition coefficient (Wildman–Crippen LogP) is 2.67. The zero-order valence-electron chi connectivity index (χ0n) is 13.3. The molecule has 6 heteroatoms. The number of hydrogen-bond donors (Lipinski definition) is 1. The lowest BCUT2D eigenvalue weighted by Gasteiger charge is -2.16. The predicted molar refractivity (Wildman–Crippen MR) is 89.8 cm³/mol. The maximum Gasteiger partial charge on any atom is 0.240 e. The smallest absolute Gasteiger partial charge is 0.240 e. The fourth-order valence-corrected chi connectivity index (χ4v) is 4.55. The molecule has 1 amide bonds. The molecule has 1 heterocycles. The quantitative estimate of drug-likeness (QED) is 0.868. The SMILES string of the molecule is O=C1CCCN1c1ccc(S(=O)(=O)NCCC2CCCC2)cc1. The van der Waals surface area contributed by atoms with Crippen LogP contribution in [0.15, 0.2) is 29.2 Å². The topological polar surface area (TPSA) is 66.5 Å². The maximum absolute atomic E-state index is 12.3. The van der Waals surface area contributed by atoms with Crippen molar-refractivity contribution in [3.63, 3.8) is 0 Å². The largest absolute Gasteiger partial charge is 0.312 e. The second-order valence-electron chi connectivity index (χ2n) is 6.48. The van der Waals surface area contributed by atoms with Crippen molar-refractivity contribution in [1.29, 1.82) is 0 Å². The molecule has 1 saturated carbocycles. The number of rotatable bonds is 6. The molecule has 1 aromatic rings. The summed E-state index contributed by atoms with van der Waals surface area (Å²) in [5.41, 5.74) is 0.775. The molecule has 0 atom stereocenters. The summed E-state index contributed by atoms with van der Waals surface area (Å²) in [4.78, 5) is 13.7. The Morgan fingerprint density at radius 1 is 1.09 bits per heavy atom. The standard InChI is InChI=1S/C17H24N2O3S/c20-17-6-3-13-19(17)15-7-9-16(10-8-15)23(21,22)18-12-11-14-4-1-2-5-14/h7-10,14,18H,1-6,11-13H2. The zero-order valence-corrected chi connectivity index (χ0v) is 14.1. The molecular weight excluding hydrogens is 312 g/mol. The molecule has 0 spiro atoms. The number of nitrogens with zero attached hydrogens (tertiary/aromatic N) is 1. The minimum atomic E-state index is -3.46. The van der Waals surface area contributed by atoms with Gasteiger partial charge in [-0.05, 0) is 43.0 Å². The van der Waals surface area contributed by atoms with Crippen LogP contribution in [0.25, 0.3) is 0 Å². The minimum absolute atomic E-state index is 0.107. The molecule has 126 valence electrons. The van der Waals surface area contributed by atoms with Gasteiger partial charge in [0, 0.05) is 25.2 Å². The van der Waals surface area contributed by atoms with Crippen LogP contribution in [0.3, 0.4) is 0 Å². The van der Waals surface area contributed by atoms with Crippen molar-refractivity contribution in [2.24, 2.45) is 5.92 Å². The van der Waals surface area contributed by atoms with E-state index in [0.717, 1.165) is 18.5 Å². The van der Waals surface area contributed by atoms with E-state index in [1.54, 1.807) is 29.2 Å². The molecule has 0 unspecified atom stereocenters. The van der Waals surface area contributed by atoms with Crippen LogP contribution >= 0.6 is 0 Å². The van der Waals surface area contributed by atoms with Gasteiger partial charge in [-0.15, -0.1) is 0 Å². The third kappa shape index (κ3) is 3.93. The number of nitrogens with one attached hydrogen (secondary N) is 1. The van der Waals surface area contributed by atoms with Crippen molar-refractivity contribution in [3.8, 4) is 0 Å². The van der Waals surface area contributed by atoms with Gasteiger partial charge in [-0.25, -0.2) is 13.1 Å². The van der Waals surface area contributed by atoms with E-state index >= 15 is 0 Å². The van der Waals surface area contributed by atoms with E-state index in [1.807, 2.05) is 0 Å². The van der Waals surface area contributed by atoms with Crippen LogP contribution < -0.4 is 9.62 Å². The summed E-state index contributed by atoms with van der Waals surface area (Å²) in [5.74, 6) is 0.775. The highest BCUT2D eigenvalue weighted by atomic mass is 32.2. The fourth-order valence-electron chi connectivity index (χ4n) is 3.51. The first kappa shape index (κ1) is 16.5. The Hall–Kier alpha value is -1.40. The van der Waals surface area contributed by atoms with Crippen molar-refractivity contribution < 1.29 is 13.2 Å². The fraction of sp³-hybridized carbons (Fsp3) is 0.588. The summed E-state index contributed by atoms with van der Waals surface area (Å²) in [6.07, 6.45) is 7.34. The van der Waals surface area contributed by atoms with E-state index in [1.165, 1.54) is 25.7 Å². The van der Waals surface area contributed by atoms with Crippen LogP contribution in [-0.4, -0.2) is 27.4 Å². The number of hydrogen-bond acceptors (Lipinski definition) is 3. The monoisotopic (exact) mass is 336 g/mol. The number of anilines is 1. The van der Waals surface area contributed by atoms with Crippen LogP contribution in [0, 0.1) is 5.92 Å². The van der Waals surface area contributed by atoms with Crippen LogP contribution in [0.2, 0.25) is 0 Å². The van der Waals surface area contributed by atoms with Crippen LogP contribution in [0.5, 0.6) is 0 Å². The van der Waals surface area contributed by atoms with Gasteiger partial charge in [-0.3, -0.25) is 4.79 Å². The highest BCUT2D eigenvalue weighted by Crippen LogP contribution is 2.27. The second kappa shape index (κ2) is 7.01. The molecule has 1 aromatic carbocycles. The van der Waals surface area contributed by atoms with Gasteiger partial charge < -0.3 is 4.90 Å². The molecule has 0 aromatic heterocycles. The van der Waals surface area contributed by atoms with Crippen LogP contribution in [0.1, 0.15) is 44.9 Å². The van der Waals surface area contributed by atoms with Gasteiger partial charge in [0.2, 0.25) is 15.9 Å². The lowest BCUT2D eigenvalue weighted by atomic mass is 10.1. The molecule has 23 heavy (non-hydrogen) atoms. The van der Waals surface area contributed by atoms with Crippen molar-refractivity contribution in [2.45, 2.75) is 49.8 Å². The van der Waals surface area contributed by atoms with Gasteiger partial charge in [0.1, 0.15) is 0 Å². The Balaban J connectivity index is 1.59. The zero-order chi connectivity index (χ0) is 16.3. The highest BCUT2D eigenvalue weighted by molar-refractivity contribution is 7.89.